The molecule has 20 heavy (non-hydrogen) atoms. The molecular formula is C13H19N5O2. The van der Waals surface area contributed by atoms with Crippen molar-refractivity contribution in [3.05, 3.63) is 17.6 Å². The molecule has 0 amide bonds. The third-order valence-electron chi connectivity index (χ3n) is 3.58. The van der Waals surface area contributed by atoms with E-state index >= 15 is 0 Å². The van der Waals surface area contributed by atoms with Crippen molar-refractivity contribution in [2.75, 3.05) is 26.7 Å². The molecule has 1 unspecified atom stereocenters. The van der Waals surface area contributed by atoms with Gasteiger partial charge in [0.2, 0.25) is 5.76 Å². The second kappa shape index (κ2) is 5.34. The Morgan fingerprint density at radius 1 is 1.35 bits per heavy atom. The predicted molar refractivity (Wildman–Crippen MR) is 72.1 cm³/mol. The molecule has 1 aliphatic heterocycles. The summed E-state index contributed by atoms with van der Waals surface area (Å²) in [6.07, 6.45) is 0. The highest BCUT2D eigenvalue weighted by Gasteiger charge is 2.26. The molecule has 7 nitrogen and oxygen atoms in total. The molecule has 0 saturated carbocycles. The zero-order valence-corrected chi connectivity index (χ0v) is 12.0. The average molecular weight is 277 g/mol. The Kier molecular flexibility index (Phi) is 3.54. The van der Waals surface area contributed by atoms with Gasteiger partial charge < -0.3 is 14.4 Å². The fraction of sp³-hybridized carbons (Fsp3) is 0.615. The van der Waals surface area contributed by atoms with Crippen LogP contribution in [0.25, 0.3) is 11.7 Å². The number of rotatable bonds is 3. The quantitative estimate of drug-likeness (QED) is 0.908. The monoisotopic (exact) mass is 277 g/mol. The number of hydrogen-bond donors (Lipinski definition) is 1. The first kappa shape index (κ1) is 13.3. The van der Waals surface area contributed by atoms with E-state index in [2.05, 4.69) is 46.4 Å². The summed E-state index contributed by atoms with van der Waals surface area (Å²) in [7, 11) is 2.06. The van der Waals surface area contributed by atoms with Crippen LogP contribution in [0.1, 0.15) is 37.3 Å². The molecule has 2 aromatic rings. The van der Waals surface area contributed by atoms with Crippen molar-refractivity contribution in [2.24, 2.45) is 0 Å². The van der Waals surface area contributed by atoms with Gasteiger partial charge in [0.1, 0.15) is 0 Å². The third-order valence-corrected chi connectivity index (χ3v) is 3.58. The van der Waals surface area contributed by atoms with Crippen LogP contribution in [0.15, 0.2) is 15.1 Å². The van der Waals surface area contributed by atoms with E-state index in [4.69, 9.17) is 9.05 Å². The SMILES string of the molecule is CC(C)c1cc(-c2nc(C3CNCCN3C)no2)on1. The van der Waals surface area contributed by atoms with E-state index in [9.17, 15) is 0 Å². The molecule has 2 aromatic heterocycles. The summed E-state index contributed by atoms with van der Waals surface area (Å²) in [5.74, 6) is 1.90. The molecule has 1 saturated heterocycles. The molecule has 1 atom stereocenters. The van der Waals surface area contributed by atoms with Gasteiger partial charge in [-0.3, -0.25) is 4.90 Å². The normalized spacial score (nSPS) is 20.7. The minimum absolute atomic E-state index is 0.133. The van der Waals surface area contributed by atoms with Gasteiger partial charge in [-0.05, 0) is 13.0 Å². The second-order valence-corrected chi connectivity index (χ2v) is 5.43. The van der Waals surface area contributed by atoms with E-state index < -0.39 is 0 Å². The van der Waals surface area contributed by atoms with Gasteiger partial charge in [0, 0.05) is 25.7 Å². The first-order valence-electron chi connectivity index (χ1n) is 6.86. The standard InChI is InChI=1S/C13H19N5O2/c1-8(2)9-6-11(19-16-9)13-15-12(17-20-13)10-7-14-4-5-18(10)3/h6,8,10,14H,4-5,7H2,1-3H3. The Morgan fingerprint density at radius 3 is 2.90 bits per heavy atom. The molecule has 0 aromatic carbocycles. The summed E-state index contributed by atoms with van der Waals surface area (Å²) in [5, 5.41) is 11.4. The molecule has 0 spiro atoms. The van der Waals surface area contributed by atoms with Gasteiger partial charge in [-0.15, -0.1) is 0 Å². The largest absolute Gasteiger partial charge is 0.351 e. The van der Waals surface area contributed by atoms with Gasteiger partial charge >= 0.3 is 0 Å². The number of nitrogens with one attached hydrogen (secondary N) is 1. The molecule has 0 aliphatic carbocycles. The minimum Gasteiger partial charge on any atom is -0.351 e. The summed E-state index contributed by atoms with van der Waals surface area (Å²) in [6.45, 7) is 6.89. The van der Waals surface area contributed by atoms with Crippen LogP contribution in [0.3, 0.4) is 0 Å². The maximum Gasteiger partial charge on any atom is 0.296 e. The van der Waals surface area contributed by atoms with Crippen LogP contribution in [0, 0.1) is 0 Å². The van der Waals surface area contributed by atoms with Gasteiger partial charge in [-0.25, -0.2) is 0 Å². The fourth-order valence-corrected chi connectivity index (χ4v) is 2.23. The van der Waals surface area contributed by atoms with Crippen molar-refractivity contribution in [3.63, 3.8) is 0 Å². The smallest absolute Gasteiger partial charge is 0.296 e. The maximum absolute atomic E-state index is 5.30. The van der Waals surface area contributed by atoms with Crippen molar-refractivity contribution in [1.82, 2.24) is 25.5 Å². The van der Waals surface area contributed by atoms with Gasteiger partial charge in [0.05, 0.1) is 11.7 Å². The third kappa shape index (κ3) is 2.46. The number of aromatic nitrogens is 3. The van der Waals surface area contributed by atoms with E-state index in [1.807, 2.05) is 6.07 Å². The van der Waals surface area contributed by atoms with Gasteiger partial charge in [0.15, 0.2) is 5.82 Å². The lowest BCUT2D eigenvalue weighted by molar-refractivity contribution is 0.190. The van der Waals surface area contributed by atoms with Crippen molar-refractivity contribution < 1.29 is 9.05 Å². The molecule has 0 radical (unpaired) electrons. The molecule has 1 fully saturated rings. The number of piperazine rings is 1. The lowest BCUT2D eigenvalue weighted by Gasteiger charge is -2.30. The Balaban J connectivity index is 1.82. The Hall–Kier alpha value is -1.73. The highest BCUT2D eigenvalue weighted by atomic mass is 16.5. The average Bonchev–Trinajstić information content (AvgIpc) is 3.08. The van der Waals surface area contributed by atoms with Crippen LogP contribution in [-0.4, -0.2) is 46.9 Å². The topological polar surface area (TPSA) is 80.2 Å². The predicted octanol–water partition coefficient (Wildman–Crippen LogP) is 1.42. The van der Waals surface area contributed by atoms with Crippen LogP contribution < -0.4 is 5.32 Å². The summed E-state index contributed by atoms with van der Waals surface area (Å²) in [4.78, 5) is 6.65. The molecule has 3 rings (SSSR count). The van der Waals surface area contributed by atoms with E-state index in [1.165, 1.54) is 0 Å². The Morgan fingerprint density at radius 2 is 2.20 bits per heavy atom. The van der Waals surface area contributed by atoms with E-state index in [0.29, 0.717) is 23.4 Å². The number of nitrogens with zero attached hydrogens (tertiary/aromatic N) is 4. The van der Waals surface area contributed by atoms with Crippen molar-refractivity contribution in [1.29, 1.82) is 0 Å². The summed E-state index contributed by atoms with van der Waals surface area (Å²) < 4.78 is 10.6. The highest BCUT2D eigenvalue weighted by molar-refractivity contribution is 5.44. The first-order chi connectivity index (χ1) is 9.65. The molecule has 1 aliphatic rings. The zero-order chi connectivity index (χ0) is 14.1. The van der Waals surface area contributed by atoms with E-state index in [1.54, 1.807) is 0 Å². The summed E-state index contributed by atoms with van der Waals surface area (Å²) in [6, 6.07) is 1.99. The van der Waals surface area contributed by atoms with Crippen molar-refractivity contribution in [3.8, 4) is 11.7 Å². The van der Waals surface area contributed by atoms with Gasteiger partial charge in [0.25, 0.3) is 5.89 Å². The van der Waals surface area contributed by atoms with E-state index in [0.717, 1.165) is 25.3 Å². The number of likely N-dealkylation sites (N-methyl/N-ethyl adjacent to an activating group) is 1. The lowest BCUT2D eigenvalue weighted by Crippen LogP contribution is -2.44. The zero-order valence-electron chi connectivity index (χ0n) is 12.0. The fourth-order valence-electron chi connectivity index (χ4n) is 2.23. The minimum atomic E-state index is 0.133. The summed E-state index contributed by atoms with van der Waals surface area (Å²) >= 11 is 0. The second-order valence-electron chi connectivity index (χ2n) is 5.43. The van der Waals surface area contributed by atoms with Gasteiger partial charge in [-0.2, -0.15) is 4.98 Å². The molecule has 3 heterocycles. The van der Waals surface area contributed by atoms with Crippen molar-refractivity contribution in [2.45, 2.75) is 25.8 Å². The van der Waals surface area contributed by atoms with Crippen LogP contribution >= 0.6 is 0 Å². The molecular weight excluding hydrogens is 258 g/mol. The maximum atomic E-state index is 5.30. The highest BCUT2D eigenvalue weighted by Crippen LogP contribution is 2.25. The Bertz CT molecular complexity index is 577. The van der Waals surface area contributed by atoms with E-state index in [-0.39, 0.29) is 6.04 Å². The van der Waals surface area contributed by atoms with Crippen LogP contribution in [0.4, 0.5) is 0 Å². The van der Waals surface area contributed by atoms with Crippen LogP contribution in [0.2, 0.25) is 0 Å². The number of hydrogen-bond acceptors (Lipinski definition) is 7. The molecule has 0 bridgehead atoms. The molecule has 108 valence electrons. The first-order valence-corrected chi connectivity index (χ1v) is 6.86. The van der Waals surface area contributed by atoms with Crippen LogP contribution in [-0.2, 0) is 0 Å². The summed E-state index contributed by atoms with van der Waals surface area (Å²) in [5.41, 5.74) is 0.885. The van der Waals surface area contributed by atoms with Crippen LogP contribution in [0.5, 0.6) is 0 Å². The Labute approximate surface area is 117 Å². The molecule has 7 heteroatoms. The lowest BCUT2D eigenvalue weighted by atomic mass is 10.1. The molecule has 1 N–H and O–H groups in total. The van der Waals surface area contributed by atoms with Crippen molar-refractivity contribution >= 4 is 0 Å². The van der Waals surface area contributed by atoms with Gasteiger partial charge in [-0.1, -0.05) is 24.2 Å².